The summed E-state index contributed by atoms with van der Waals surface area (Å²) in [4.78, 5) is 25.3. The molecule has 33 heavy (non-hydrogen) atoms. The number of carbonyl (C=O) groups excluding carboxylic acids is 2. The van der Waals surface area contributed by atoms with Crippen LogP contribution >= 0.6 is 0 Å². The van der Waals surface area contributed by atoms with Gasteiger partial charge in [-0.05, 0) is 43.9 Å². The number of amides is 1. The number of halogens is 3. The van der Waals surface area contributed by atoms with Crippen molar-refractivity contribution in [3.05, 3.63) is 42.0 Å². The number of rotatable bonds is 13. The van der Waals surface area contributed by atoms with Crippen molar-refractivity contribution < 1.29 is 37.3 Å². The molecule has 2 atom stereocenters. The number of alkyl halides is 3. The zero-order valence-corrected chi connectivity index (χ0v) is 18.9. The lowest BCUT2D eigenvalue weighted by Gasteiger charge is -2.22. The number of aliphatic hydroxyl groups is 1. The van der Waals surface area contributed by atoms with Crippen molar-refractivity contribution in [2.24, 2.45) is 0 Å². The highest BCUT2D eigenvalue weighted by molar-refractivity contribution is 5.79. The van der Waals surface area contributed by atoms with Gasteiger partial charge in [-0.25, -0.2) is 0 Å². The molecule has 1 amide bonds. The van der Waals surface area contributed by atoms with Gasteiger partial charge >= 0.3 is 12.3 Å². The van der Waals surface area contributed by atoms with Crippen LogP contribution in [0.5, 0.6) is 5.75 Å². The Hall–Kier alpha value is -2.55. The van der Waals surface area contributed by atoms with Crippen molar-refractivity contribution in [3.8, 4) is 5.75 Å². The minimum Gasteiger partial charge on any atom is -0.466 e. The molecule has 1 fully saturated rings. The Bertz CT molecular complexity index is 797. The number of aliphatic hydroxyl groups excluding tert-OH is 1. The molecule has 0 aliphatic carbocycles. The fraction of sp³-hybridized carbons (Fsp3) is 0.583. The van der Waals surface area contributed by atoms with Crippen LogP contribution in [0.1, 0.15) is 57.4 Å². The predicted molar refractivity (Wildman–Crippen MR) is 116 cm³/mol. The third-order valence-corrected chi connectivity index (χ3v) is 5.34. The number of unbranched alkanes of at least 4 members (excludes halogenated alkanes) is 3. The van der Waals surface area contributed by atoms with Crippen LogP contribution in [-0.4, -0.2) is 53.5 Å². The Kier molecular flexibility index (Phi) is 10.7. The molecular formula is C24H32F3NO5. The maximum absolute atomic E-state index is 12.4. The second kappa shape index (κ2) is 13.2. The van der Waals surface area contributed by atoms with Crippen molar-refractivity contribution in [1.82, 2.24) is 4.90 Å². The summed E-state index contributed by atoms with van der Waals surface area (Å²) in [5.41, 5.74) is 0.510. The van der Waals surface area contributed by atoms with E-state index < -0.39 is 12.5 Å². The Morgan fingerprint density at radius 1 is 1.27 bits per heavy atom. The Morgan fingerprint density at radius 2 is 2.03 bits per heavy atom. The van der Waals surface area contributed by atoms with E-state index >= 15 is 0 Å². The molecule has 1 aromatic rings. The van der Waals surface area contributed by atoms with Gasteiger partial charge in [-0.3, -0.25) is 9.59 Å². The second-order valence-corrected chi connectivity index (χ2v) is 8.01. The first kappa shape index (κ1) is 26.7. The largest absolute Gasteiger partial charge is 0.573 e. The van der Waals surface area contributed by atoms with Crippen molar-refractivity contribution in [2.75, 3.05) is 13.2 Å². The number of benzene rings is 1. The summed E-state index contributed by atoms with van der Waals surface area (Å²) in [5, 5.41) is 10.3. The molecule has 0 saturated carbocycles. The molecule has 1 heterocycles. The average Bonchev–Trinajstić information content (AvgIpc) is 3.07. The SMILES string of the molecule is CCOC(=O)CCCCCCN1C(=O)CC[C@@H]1C=C[C@@H](O)Cc1cccc(OC(F)(F)F)c1. The Balaban J connectivity index is 1.77. The van der Waals surface area contributed by atoms with Crippen LogP contribution < -0.4 is 4.74 Å². The summed E-state index contributed by atoms with van der Waals surface area (Å²) in [7, 11) is 0. The van der Waals surface area contributed by atoms with Gasteiger partial charge in [-0.15, -0.1) is 13.2 Å². The number of esters is 1. The molecule has 0 bridgehead atoms. The van der Waals surface area contributed by atoms with Gasteiger partial charge in [0.25, 0.3) is 0 Å². The zero-order valence-electron chi connectivity index (χ0n) is 18.9. The van der Waals surface area contributed by atoms with Gasteiger partial charge in [0.15, 0.2) is 0 Å². The Labute approximate surface area is 192 Å². The van der Waals surface area contributed by atoms with E-state index in [0.717, 1.165) is 25.7 Å². The maximum Gasteiger partial charge on any atom is 0.573 e. The first-order valence-electron chi connectivity index (χ1n) is 11.3. The molecule has 2 rings (SSSR count). The van der Waals surface area contributed by atoms with Gasteiger partial charge in [0.1, 0.15) is 5.75 Å². The first-order chi connectivity index (χ1) is 15.7. The van der Waals surface area contributed by atoms with E-state index in [2.05, 4.69) is 4.74 Å². The highest BCUT2D eigenvalue weighted by atomic mass is 19.4. The van der Waals surface area contributed by atoms with Crippen LogP contribution in [0.25, 0.3) is 0 Å². The molecular weight excluding hydrogens is 439 g/mol. The predicted octanol–water partition coefficient (Wildman–Crippen LogP) is 4.55. The van der Waals surface area contributed by atoms with Gasteiger partial charge < -0.3 is 19.5 Å². The van der Waals surface area contributed by atoms with E-state index in [1.54, 1.807) is 30.0 Å². The Morgan fingerprint density at radius 3 is 2.76 bits per heavy atom. The molecule has 0 aromatic heterocycles. The average molecular weight is 472 g/mol. The molecule has 0 spiro atoms. The van der Waals surface area contributed by atoms with E-state index in [1.807, 2.05) is 0 Å². The number of hydrogen-bond donors (Lipinski definition) is 1. The third-order valence-electron chi connectivity index (χ3n) is 5.34. The van der Waals surface area contributed by atoms with Gasteiger partial charge in [-0.1, -0.05) is 37.1 Å². The smallest absolute Gasteiger partial charge is 0.466 e. The second-order valence-electron chi connectivity index (χ2n) is 8.01. The van der Waals surface area contributed by atoms with Crippen LogP contribution in [0.3, 0.4) is 0 Å². The van der Waals surface area contributed by atoms with Gasteiger partial charge in [-0.2, -0.15) is 0 Å². The van der Waals surface area contributed by atoms with Crippen LogP contribution in [0.15, 0.2) is 36.4 Å². The van der Waals surface area contributed by atoms with Crippen LogP contribution in [-0.2, 0) is 20.7 Å². The van der Waals surface area contributed by atoms with Crippen molar-refractivity contribution in [2.45, 2.75) is 76.8 Å². The molecule has 184 valence electrons. The van der Waals surface area contributed by atoms with E-state index in [-0.39, 0.29) is 30.1 Å². The van der Waals surface area contributed by atoms with E-state index in [4.69, 9.17) is 4.74 Å². The fourth-order valence-electron chi connectivity index (χ4n) is 3.82. The highest BCUT2D eigenvalue weighted by Gasteiger charge is 2.31. The molecule has 6 nitrogen and oxygen atoms in total. The topological polar surface area (TPSA) is 76.1 Å². The lowest BCUT2D eigenvalue weighted by Crippen LogP contribution is -2.32. The zero-order chi connectivity index (χ0) is 24.3. The molecule has 1 saturated heterocycles. The summed E-state index contributed by atoms with van der Waals surface area (Å²) in [5.74, 6) is -0.441. The number of carbonyl (C=O) groups is 2. The molecule has 1 aliphatic heterocycles. The van der Waals surface area contributed by atoms with E-state index in [1.165, 1.54) is 18.2 Å². The molecule has 1 N–H and O–H groups in total. The summed E-state index contributed by atoms with van der Waals surface area (Å²) in [6.45, 7) is 2.78. The van der Waals surface area contributed by atoms with Crippen molar-refractivity contribution in [3.63, 3.8) is 0 Å². The van der Waals surface area contributed by atoms with Gasteiger partial charge in [0.2, 0.25) is 5.91 Å². The number of likely N-dealkylation sites (tertiary alicyclic amines) is 1. The monoisotopic (exact) mass is 471 g/mol. The fourth-order valence-corrected chi connectivity index (χ4v) is 3.82. The van der Waals surface area contributed by atoms with Crippen LogP contribution in [0.4, 0.5) is 13.2 Å². The van der Waals surface area contributed by atoms with Gasteiger partial charge in [0, 0.05) is 25.8 Å². The summed E-state index contributed by atoms with van der Waals surface area (Å²) < 4.78 is 45.9. The third kappa shape index (κ3) is 10.3. The highest BCUT2D eigenvalue weighted by Crippen LogP contribution is 2.24. The lowest BCUT2D eigenvalue weighted by molar-refractivity contribution is -0.274. The van der Waals surface area contributed by atoms with Crippen LogP contribution in [0, 0.1) is 0 Å². The summed E-state index contributed by atoms with van der Waals surface area (Å²) >= 11 is 0. The van der Waals surface area contributed by atoms with Crippen LogP contribution in [0.2, 0.25) is 0 Å². The summed E-state index contributed by atoms with van der Waals surface area (Å²) in [6.07, 6.45) is 2.75. The minimum atomic E-state index is -4.77. The number of ether oxygens (including phenoxy) is 2. The van der Waals surface area contributed by atoms with Crippen molar-refractivity contribution in [1.29, 1.82) is 0 Å². The minimum absolute atomic E-state index is 0.0719. The lowest BCUT2D eigenvalue weighted by atomic mass is 10.1. The number of hydrogen-bond acceptors (Lipinski definition) is 5. The summed E-state index contributed by atoms with van der Waals surface area (Å²) in [6, 6.07) is 5.41. The first-order valence-corrected chi connectivity index (χ1v) is 11.3. The van der Waals surface area contributed by atoms with E-state index in [9.17, 15) is 27.9 Å². The van der Waals surface area contributed by atoms with Crippen molar-refractivity contribution >= 4 is 11.9 Å². The normalized spacial score (nSPS) is 17.5. The molecule has 0 unspecified atom stereocenters. The van der Waals surface area contributed by atoms with Gasteiger partial charge in [0.05, 0.1) is 18.8 Å². The number of nitrogens with zero attached hydrogens (tertiary/aromatic N) is 1. The molecule has 9 heteroatoms. The standard InChI is InChI=1S/C24H32F3NO5/c1-2-32-23(31)10-5-3-4-6-15-28-19(12-14-22(28)30)11-13-20(29)16-18-8-7-9-21(17-18)33-24(25,26)27/h7-9,11,13,17,19-20,29H,2-6,10,12,14-16H2,1H3/t19-,20+/m0/s1. The molecule has 1 aromatic carbocycles. The quantitative estimate of drug-likeness (QED) is 0.260. The maximum atomic E-state index is 12.4. The van der Waals surface area contributed by atoms with E-state index in [0.29, 0.717) is 38.0 Å². The molecule has 0 radical (unpaired) electrons. The molecule has 1 aliphatic rings.